The first kappa shape index (κ1) is 8.22. The highest BCUT2D eigenvalue weighted by molar-refractivity contribution is 5.98. The van der Waals surface area contributed by atoms with Crippen LogP contribution in [0.25, 0.3) is 0 Å². The van der Waals surface area contributed by atoms with Gasteiger partial charge in [-0.3, -0.25) is 4.79 Å². The van der Waals surface area contributed by atoms with Crippen molar-refractivity contribution in [2.24, 2.45) is 0 Å². The zero-order valence-electron chi connectivity index (χ0n) is 8.25. The summed E-state index contributed by atoms with van der Waals surface area (Å²) in [5.41, 5.74) is 3.67. The second-order valence-corrected chi connectivity index (χ2v) is 4.47. The second kappa shape index (κ2) is 2.94. The molecule has 3 rings (SSSR count). The van der Waals surface area contributed by atoms with Gasteiger partial charge in [0.15, 0.2) is 5.78 Å². The summed E-state index contributed by atoms with van der Waals surface area (Å²) >= 11 is 0. The van der Waals surface area contributed by atoms with Crippen LogP contribution in [0.4, 0.5) is 0 Å². The van der Waals surface area contributed by atoms with Crippen LogP contribution >= 0.6 is 0 Å². The van der Waals surface area contributed by atoms with Crippen LogP contribution < -0.4 is 0 Å². The molecule has 0 atom stereocenters. The van der Waals surface area contributed by atoms with Gasteiger partial charge in [0.05, 0.1) is 0 Å². The third-order valence-corrected chi connectivity index (χ3v) is 3.33. The minimum Gasteiger partial charge on any atom is -0.294 e. The van der Waals surface area contributed by atoms with Gasteiger partial charge in [0.1, 0.15) is 0 Å². The van der Waals surface area contributed by atoms with Crippen molar-refractivity contribution >= 4 is 5.78 Å². The molecule has 0 bridgehead atoms. The van der Waals surface area contributed by atoms with Gasteiger partial charge in [0, 0.05) is 12.0 Å². The lowest BCUT2D eigenvalue weighted by molar-refractivity contribution is 0.0972. The normalized spacial score (nSPS) is 20.7. The predicted molar refractivity (Wildman–Crippen MR) is 55.7 cm³/mol. The van der Waals surface area contributed by atoms with Crippen molar-refractivity contribution in [2.75, 3.05) is 0 Å². The molecule has 1 nitrogen and oxygen atoms in total. The molecule has 0 heterocycles. The van der Waals surface area contributed by atoms with E-state index in [4.69, 9.17) is 0 Å². The Morgan fingerprint density at radius 3 is 2.79 bits per heavy atom. The maximum Gasteiger partial charge on any atom is 0.163 e. The smallest absolute Gasteiger partial charge is 0.163 e. The van der Waals surface area contributed by atoms with E-state index in [1.165, 1.54) is 24.0 Å². The SMILES string of the molecule is O=C1CCCc2ccc(C3CC3)cc21. The van der Waals surface area contributed by atoms with Crippen LogP contribution in [0.5, 0.6) is 0 Å². The first-order chi connectivity index (χ1) is 6.84. The third-order valence-electron chi connectivity index (χ3n) is 3.33. The molecule has 0 radical (unpaired) electrons. The molecule has 0 aromatic heterocycles. The Kier molecular flexibility index (Phi) is 1.73. The van der Waals surface area contributed by atoms with Gasteiger partial charge >= 0.3 is 0 Å². The summed E-state index contributed by atoms with van der Waals surface area (Å²) in [6, 6.07) is 6.53. The van der Waals surface area contributed by atoms with Gasteiger partial charge < -0.3 is 0 Å². The lowest BCUT2D eigenvalue weighted by atomic mass is 9.89. The molecule has 0 amide bonds. The summed E-state index contributed by atoms with van der Waals surface area (Å²) in [6.45, 7) is 0. The largest absolute Gasteiger partial charge is 0.294 e. The lowest BCUT2D eigenvalue weighted by Gasteiger charge is -2.15. The maximum atomic E-state index is 11.7. The van der Waals surface area contributed by atoms with Crippen LogP contribution in [-0.4, -0.2) is 5.78 Å². The molecule has 14 heavy (non-hydrogen) atoms. The molecule has 0 N–H and O–H groups in total. The third kappa shape index (κ3) is 1.28. The van der Waals surface area contributed by atoms with E-state index in [2.05, 4.69) is 18.2 Å². The first-order valence-electron chi connectivity index (χ1n) is 5.50. The Labute approximate surface area is 84.1 Å². The van der Waals surface area contributed by atoms with Gasteiger partial charge in [-0.1, -0.05) is 12.1 Å². The van der Waals surface area contributed by atoms with Crippen LogP contribution in [0.15, 0.2) is 18.2 Å². The molecule has 1 aromatic rings. The number of aryl methyl sites for hydroxylation is 1. The molecule has 0 unspecified atom stereocenters. The van der Waals surface area contributed by atoms with Crippen molar-refractivity contribution in [2.45, 2.75) is 38.0 Å². The number of fused-ring (bicyclic) bond motifs is 1. The molecular formula is C13H14O. The summed E-state index contributed by atoms with van der Waals surface area (Å²) < 4.78 is 0. The first-order valence-corrected chi connectivity index (χ1v) is 5.50. The van der Waals surface area contributed by atoms with E-state index in [1.54, 1.807) is 0 Å². The fraction of sp³-hybridized carbons (Fsp3) is 0.462. The predicted octanol–water partition coefficient (Wildman–Crippen LogP) is 3.08. The highest BCUT2D eigenvalue weighted by Crippen LogP contribution is 2.41. The molecule has 1 heteroatoms. The summed E-state index contributed by atoms with van der Waals surface area (Å²) in [5.74, 6) is 1.11. The lowest BCUT2D eigenvalue weighted by Crippen LogP contribution is -2.10. The van der Waals surface area contributed by atoms with Crippen molar-refractivity contribution in [1.29, 1.82) is 0 Å². The van der Waals surface area contributed by atoms with Crippen LogP contribution in [0.1, 0.15) is 53.1 Å². The molecule has 72 valence electrons. The Hall–Kier alpha value is -1.11. The van der Waals surface area contributed by atoms with Crippen molar-refractivity contribution < 1.29 is 4.79 Å². The molecule has 0 saturated heterocycles. The van der Waals surface area contributed by atoms with Gasteiger partial charge in [-0.2, -0.15) is 0 Å². The molecule has 1 aromatic carbocycles. The fourth-order valence-electron chi connectivity index (χ4n) is 2.32. The number of carbonyl (C=O) groups is 1. The Morgan fingerprint density at radius 2 is 2.00 bits per heavy atom. The minimum absolute atomic E-state index is 0.355. The quantitative estimate of drug-likeness (QED) is 0.658. The number of hydrogen-bond donors (Lipinski definition) is 0. The Bertz CT molecular complexity index is 388. The summed E-state index contributed by atoms with van der Waals surface area (Å²) in [4.78, 5) is 11.7. The van der Waals surface area contributed by atoms with E-state index >= 15 is 0 Å². The monoisotopic (exact) mass is 186 g/mol. The van der Waals surface area contributed by atoms with Gasteiger partial charge in [-0.15, -0.1) is 0 Å². The Morgan fingerprint density at radius 1 is 1.14 bits per heavy atom. The number of carbonyl (C=O) groups excluding carboxylic acids is 1. The van der Waals surface area contributed by atoms with Crippen LogP contribution in [0.2, 0.25) is 0 Å². The number of benzene rings is 1. The fourth-order valence-corrected chi connectivity index (χ4v) is 2.32. The van der Waals surface area contributed by atoms with E-state index < -0.39 is 0 Å². The van der Waals surface area contributed by atoms with Crippen molar-refractivity contribution in [3.05, 3.63) is 34.9 Å². The van der Waals surface area contributed by atoms with Crippen molar-refractivity contribution in [1.82, 2.24) is 0 Å². The van der Waals surface area contributed by atoms with Crippen molar-refractivity contribution in [3.63, 3.8) is 0 Å². The van der Waals surface area contributed by atoms with Gasteiger partial charge in [0.2, 0.25) is 0 Å². The minimum atomic E-state index is 0.355. The van der Waals surface area contributed by atoms with Crippen molar-refractivity contribution in [3.8, 4) is 0 Å². The molecule has 0 spiro atoms. The van der Waals surface area contributed by atoms with E-state index in [0.717, 1.165) is 30.7 Å². The highest BCUT2D eigenvalue weighted by atomic mass is 16.1. The van der Waals surface area contributed by atoms with Crippen LogP contribution in [0, 0.1) is 0 Å². The maximum absolute atomic E-state index is 11.7. The average Bonchev–Trinajstić information content (AvgIpc) is 3.01. The van der Waals surface area contributed by atoms with E-state index in [9.17, 15) is 4.79 Å². The Balaban J connectivity index is 2.06. The molecule has 1 saturated carbocycles. The molecule has 0 aliphatic heterocycles. The average molecular weight is 186 g/mol. The topological polar surface area (TPSA) is 17.1 Å². The van der Waals surface area contributed by atoms with Crippen LogP contribution in [0.3, 0.4) is 0 Å². The second-order valence-electron chi connectivity index (χ2n) is 4.47. The molecular weight excluding hydrogens is 172 g/mol. The number of ketones is 1. The number of hydrogen-bond acceptors (Lipinski definition) is 1. The highest BCUT2D eigenvalue weighted by Gasteiger charge is 2.25. The molecule has 1 fully saturated rings. The van der Waals surface area contributed by atoms with E-state index in [1.807, 2.05) is 0 Å². The van der Waals surface area contributed by atoms with Gasteiger partial charge in [-0.05, 0) is 48.8 Å². The summed E-state index contributed by atoms with van der Waals surface area (Å²) in [5, 5.41) is 0. The number of Topliss-reactive ketones (excluding diaryl/α,β-unsaturated/α-hetero) is 1. The zero-order valence-corrected chi connectivity index (χ0v) is 8.25. The molecule has 2 aliphatic rings. The zero-order chi connectivity index (χ0) is 9.54. The number of rotatable bonds is 1. The summed E-state index contributed by atoms with van der Waals surface area (Å²) in [6.07, 6.45) is 5.50. The van der Waals surface area contributed by atoms with E-state index in [0.29, 0.717) is 5.78 Å². The van der Waals surface area contributed by atoms with Gasteiger partial charge in [-0.25, -0.2) is 0 Å². The standard InChI is InChI=1S/C13H14O/c14-13-3-1-2-10-6-7-11(8-12(10)13)9-4-5-9/h6-9H,1-5H2. The van der Waals surface area contributed by atoms with E-state index in [-0.39, 0.29) is 0 Å². The van der Waals surface area contributed by atoms with Gasteiger partial charge in [0.25, 0.3) is 0 Å². The molecule has 2 aliphatic carbocycles. The van der Waals surface area contributed by atoms with Crippen LogP contribution in [-0.2, 0) is 6.42 Å². The summed E-state index contributed by atoms with van der Waals surface area (Å²) in [7, 11) is 0.